The van der Waals surface area contributed by atoms with Gasteiger partial charge in [-0.05, 0) is 17.7 Å². The van der Waals surface area contributed by atoms with Crippen molar-refractivity contribution in [2.24, 2.45) is 0 Å². The van der Waals surface area contributed by atoms with Crippen molar-refractivity contribution in [1.82, 2.24) is 4.90 Å². The molecule has 2 rings (SSSR count). The van der Waals surface area contributed by atoms with Gasteiger partial charge in [-0.2, -0.15) is 0 Å². The molecule has 1 amide bonds. The number of rotatable bonds is 4. The molecule has 5 nitrogen and oxygen atoms in total. The van der Waals surface area contributed by atoms with E-state index in [1.807, 2.05) is 0 Å². The minimum atomic E-state index is -0.945. The molecule has 1 unspecified atom stereocenters. The Balaban J connectivity index is 2.07. The van der Waals surface area contributed by atoms with Crippen LogP contribution in [0.15, 0.2) is 24.3 Å². The van der Waals surface area contributed by atoms with E-state index in [9.17, 15) is 9.59 Å². The topological polar surface area (TPSA) is 66.8 Å². The fourth-order valence-corrected chi connectivity index (χ4v) is 1.97. The predicted octanol–water partition coefficient (Wildman–Crippen LogP) is 2.14. The van der Waals surface area contributed by atoms with Gasteiger partial charge in [0.2, 0.25) is 0 Å². The average molecular weight is 270 g/mol. The first-order chi connectivity index (χ1) is 8.56. The minimum Gasteiger partial charge on any atom is -0.481 e. The number of hydrogen-bond acceptors (Lipinski definition) is 3. The van der Waals surface area contributed by atoms with Crippen LogP contribution in [0, 0.1) is 0 Å². The first-order valence-electron chi connectivity index (χ1n) is 5.46. The lowest BCUT2D eigenvalue weighted by Crippen LogP contribution is -2.34. The van der Waals surface area contributed by atoms with Crippen molar-refractivity contribution in [2.45, 2.75) is 19.0 Å². The molecular weight excluding hydrogens is 258 g/mol. The van der Waals surface area contributed by atoms with Crippen molar-refractivity contribution < 1.29 is 19.4 Å². The molecule has 1 aromatic carbocycles. The predicted molar refractivity (Wildman–Crippen MR) is 64.4 cm³/mol. The Morgan fingerprint density at radius 1 is 1.44 bits per heavy atom. The van der Waals surface area contributed by atoms with E-state index in [-0.39, 0.29) is 13.0 Å². The standard InChI is InChI=1S/C12H12ClNO4/c13-9-3-1-8(2-4-9)6-14-10(5-11(15)16)7-18-12(14)17/h1-4,10H,5-7H2,(H,15,16). The molecule has 1 N–H and O–H groups in total. The molecule has 1 saturated heterocycles. The molecule has 1 heterocycles. The van der Waals surface area contributed by atoms with Crippen LogP contribution in [0.25, 0.3) is 0 Å². The second-order valence-electron chi connectivity index (χ2n) is 4.08. The van der Waals surface area contributed by atoms with Crippen LogP contribution in [-0.4, -0.2) is 34.7 Å². The van der Waals surface area contributed by atoms with Crippen molar-refractivity contribution in [3.63, 3.8) is 0 Å². The van der Waals surface area contributed by atoms with Crippen molar-refractivity contribution in [3.05, 3.63) is 34.9 Å². The van der Waals surface area contributed by atoms with Gasteiger partial charge in [-0.1, -0.05) is 23.7 Å². The zero-order valence-corrected chi connectivity index (χ0v) is 10.3. The quantitative estimate of drug-likeness (QED) is 0.909. The molecule has 1 atom stereocenters. The lowest BCUT2D eigenvalue weighted by Gasteiger charge is -2.19. The number of carboxylic acid groups (broad SMARTS) is 1. The third-order valence-electron chi connectivity index (χ3n) is 2.75. The van der Waals surface area contributed by atoms with Crippen LogP contribution < -0.4 is 0 Å². The minimum absolute atomic E-state index is 0.112. The van der Waals surface area contributed by atoms with Crippen LogP contribution in [0.1, 0.15) is 12.0 Å². The largest absolute Gasteiger partial charge is 0.481 e. The number of aliphatic carboxylic acids is 1. The summed E-state index contributed by atoms with van der Waals surface area (Å²) in [4.78, 5) is 23.6. The fourth-order valence-electron chi connectivity index (χ4n) is 1.84. The summed E-state index contributed by atoms with van der Waals surface area (Å²) in [5.41, 5.74) is 0.883. The summed E-state index contributed by atoms with van der Waals surface area (Å²) in [6.07, 6.45) is -0.588. The molecule has 1 aliphatic rings. The number of cyclic esters (lactones) is 1. The second kappa shape index (κ2) is 5.27. The molecular formula is C12H12ClNO4. The smallest absolute Gasteiger partial charge is 0.410 e. The molecule has 1 fully saturated rings. The number of halogens is 1. The summed E-state index contributed by atoms with van der Waals surface area (Å²) >= 11 is 5.77. The molecule has 6 heteroatoms. The van der Waals surface area contributed by atoms with E-state index in [0.29, 0.717) is 11.6 Å². The lowest BCUT2D eigenvalue weighted by atomic mass is 10.1. The SMILES string of the molecule is O=C(O)CC1COC(=O)N1Cc1ccc(Cl)cc1. The highest BCUT2D eigenvalue weighted by Crippen LogP contribution is 2.20. The second-order valence-corrected chi connectivity index (χ2v) is 4.52. The van der Waals surface area contributed by atoms with Crippen LogP contribution in [0.3, 0.4) is 0 Å². The highest BCUT2D eigenvalue weighted by atomic mass is 35.5. The molecule has 0 radical (unpaired) electrons. The van der Waals surface area contributed by atoms with Crippen LogP contribution in [-0.2, 0) is 16.1 Å². The van der Waals surface area contributed by atoms with E-state index in [1.54, 1.807) is 24.3 Å². The highest BCUT2D eigenvalue weighted by Gasteiger charge is 2.34. The van der Waals surface area contributed by atoms with E-state index in [1.165, 1.54) is 4.90 Å². The van der Waals surface area contributed by atoms with Gasteiger partial charge < -0.3 is 9.84 Å². The lowest BCUT2D eigenvalue weighted by molar-refractivity contribution is -0.138. The molecule has 0 bridgehead atoms. The molecule has 0 spiro atoms. The Morgan fingerprint density at radius 2 is 2.11 bits per heavy atom. The van der Waals surface area contributed by atoms with Crippen LogP contribution in [0.2, 0.25) is 5.02 Å². The van der Waals surface area contributed by atoms with Gasteiger partial charge in [-0.3, -0.25) is 9.69 Å². The van der Waals surface area contributed by atoms with Crippen molar-refractivity contribution >= 4 is 23.7 Å². The Bertz CT molecular complexity index is 460. The zero-order valence-electron chi connectivity index (χ0n) is 9.51. The van der Waals surface area contributed by atoms with Gasteiger partial charge in [0.05, 0.1) is 12.5 Å². The summed E-state index contributed by atoms with van der Waals surface area (Å²) in [6.45, 7) is 0.451. The summed E-state index contributed by atoms with van der Waals surface area (Å²) in [7, 11) is 0. The van der Waals surface area contributed by atoms with Crippen LogP contribution in [0.5, 0.6) is 0 Å². The molecule has 0 aliphatic carbocycles. The van der Waals surface area contributed by atoms with Gasteiger partial charge in [-0.15, -0.1) is 0 Å². The third-order valence-corrected chi connectivity index (χ3v) is 3.00. The maximum absolute atomic E-state index is 11.5. The number of carboxylic acids is 1. The summed E-state index contributed by atoms with van der Waals surface area (Å²) in [6, 6.07) is 6.64. The molecule has 1 aromatic rings. The van der Waals surface area contributed by atoms with E-state index in [4.69, 9.17) is 21.4 Å². The Labute approximate surface area is 109 Å². The molecule has 0 saturated carbocycles. The number of hydrogen-bond donors (Lipinski definition) is 1. The van der Waals surface area contributed by atoms with E-state index < -0.39 is 18.1 Å². The van der Waals surface area contributed by atoms with Crippen LogP contribution in [0.4, 0.5) is 4.79 Å². The number of benzene rings is 1. The molecule has 18 heavy (non-hydrogen) atoms. The normalized spacial score (nSPS) is 18.8. The highest BCUT2D eigenvalue weighted by molar-refractivity contribution is 6.30. The van der Waals surface area contributed by atoms with E-state index >= 15 is 0 Å². The number of ether oxygens (including phenoxy) is 1. The number of carbonyl (C=O) groups excluding carboxylic acids is 1. The number of amides is 1. The van der Waals surface area contributed by atoms with E-state index in [0.717, 1.165) is 5.56 Å². The maximum atomic E-state index is 11.5. The Hall–Kier alpha value is -1.75. The van der Waals surface area contributed by atoms with E-state index in [2.05, 4.69) is 0 Å². The van der Waals surface area contributed by atoms with Gasteiger partial charge >= 0.3 is 12.1 Å². The van der Waals surface area contributed by atoms with Gasteiger partial charge in [-0.25, -0.2) is 4.79 Å². The average Bonchev–Trinajstić information content (AvgIpc) is 2.64. The van der Waals surface area contributed by atoms with Gasteiger partial charge in [0.1, 0.15) is 6.61 Å². The van der Waals surface area contributed by atoms with Gasteiger partial charge in [0.25, 0.3) is 0 Å². The van der Waals surface area contributed by atoms with Crippen molar-refractivity contribution in [2.75, 3.05) is 6.61 Å². The number of nitrogens with zero attached hydrogens (tertiary/aromatic N) is 1. The monoisotopic (exact) mass is 269 g/mol. The first-order valence-corrected chi connectivity index (χ1v) is 5.83. The summed E-state index contributed by atoms with van der Waals surface area (Å²) < 4.78 is 4.87. The van der Waals surface area contributed by atoms with Crippen LogP contribution >= 0.6 is 11.6 Å². The van der Waals surface area contributed by atoms with Gasteiger partial charge in [0.15, 0.2) is 0 Å². The first kappa shape index (κ1) is 12.7. The summed E-state index contributed by atoms with van der Waals surface area (Å²) in [5.74, 6) is -0.945. The third kappa shape index (κ3) is 2.92. The van der Waals surface area contributed by atoms with Crippen molar-refractivity contribution in [3.8, 4) is 0 Å². The van der Waals surface area contributed by atoms with Crippen molar-refractivity contribution in [1.29, 1.82) is 0 Å². The molecule has 1 aliphatic heterocycles. The Kier molecular flexibility index (Phi) is 3.72. The molecule has 0 aromatic heterocycles. The Morgan fingerprint density at radius 3 is 2.72 bits per heavy atom. The zero-order chi connectivity index (χ0) is 13.1. The number of carbonyl (C=O) groups is 2. The van der Waals surface area contributed by atoms with Gasteiger partial charge in [0, 0.05) is 11.6 Å². The fraction of sp³-hybridized carbons (Fsp3) is 0.333. The summed E-state index contributed by atoms with van der Waals surface area (Å²) in [5, 5.41) is 9.39. The molecule has 96 valence electrons. The maximum Gasteiger partial charge on any atom is 0.410 e.